The molecule has 1 aromatic heterocycles. The van der Waals surface area contributed by atoms with Crippen LogP contribution in [0.25, 0.3) is 0 Å². The van der Waals surface area contributed by atoms with Gasteiger partial charge in [-0.25, -0.2) is 8.42 Å². The lowest BCUT2D eigenvalue weighted by Crippen LogP contribution is -2.12. The molecule has 8 heteroatoms. The number of sulfonamides is 1. The zero-order valence-corrected chi connectivity index (χ0v) is 13.6. The van der Waals surface area contributed by atoms with Gasteiger partial charge >= 0.3 is 0 Å². The number of nitrogens with one attached hydrogen (secondary N) is 1. The highest BCUT2D eigenvalue weighted by molar-refractivity contribution is 7.94. The van der Waals surface area contributed by atoms with E-state index >= 15 is 0 Å². The molecule has 0 unspecified atom stereocenters. The van der Waals surface area contributed by atoms with E-state index in [1.54, 1.807) is 30.3 Å². The molecule has 3 N–H and O–H groups in total. The zero-order valence-electron chi connectivity index (χ0n) is 11.2. The average Bonchev–Trinajstić information content (AvgIpc) is 2.92. The topological polar surface area (TPSA) is 81.4 Å². The highest BCUT2D eigenvalue weighted by Crippen LogP contribution is 2.29. The molecule has 1 heterocycles. The monoisotopic (exact) mass is 342 g/mol. The van der Waals surface area contributed by atoms with Crippen molar-refractivity contribution in [1.82, 2.24) is 0 Å². The number of thiophene rings is 1. The van der Waals surface area contributed by atoms with Crippen LogP contribution in [0.15, 0.2) is 40.6 Å². The number of rotatable bonds is 6. The van der Waals surface area contributed by atoms with Gasteiger partial charge in [-0.2, -0.15) is 0 Å². The standard InChI is InChI=1S/C13H14N2O3S3/c1-2-18-10-6-4-3-5-9(10)15-21(16,17)12-8-7-11(20-12)13(14)19/h3-8,15H,2H2,1H3,(H2,14,19). The number of nitrogens with two attached hydrogens (primary N) is 1. The number of para-hydroxylation sites is 2. The Labute approximate surface area is 132 Å². The van der Waals surface area contributed by atoms with Crippen molar-refractivity contribution in [2.75, 3.05) is 11.3 Å². The lowest BCUT2D eigenvalue weighted by atomic mass is 10.3. The predicted octanol–water partition coefficient (Wildman–Crippen LogP) is 2.58. The summed E-state index contributed by atoms with van der Waals surface area (Å²) in [5, 5.41) is 0. The van der Waals surface area contributed by atoms with Crippen LogP contribution in [-0.4, -0.2) is 20.0 Å². The minimum absolute atomic E-state index is 0.150. The van der Waals surface area contributed by atoms with Gasteiger partial charge in [-0.05, 0) is 31.2 Å². The Morgan fingerprint density at radius 2 is 2.05 bits per heavy atom. The highest BCUT2D eigenvalue weighted by Gasteiger charge is 2.19. The van der Waals surface area contributed by atoms with Crippen LogP contribution >= 0.6 is 23.6 Å². The van der Waals surface area contributed by atoms with Gasteiger partial charge in [-0.15, -0.1) is 11.3 Å². The molecule has 2 rings (SSSR count). The molecule has 0 bridgehead atoms. The van der Waals surface area contributed by atoms with Crippen LogP contribution < -0.4 is 15.2 Å². The number of ether oxygens (including phenoxy) is 1. The first-order valence-electron chi connectivity index (χ1n) is 6.08. The van der Waals surface area contributed by atoms with Crippen molar-refractivity contribution in [2.45, 2.75) is 11.1 Å². The van der Waals surface area contributed by atoms with E-state index in [0.29, 0.717) is 22.9 Å². The first-order chi connectivity index (χ1) is 9.94. The van der Waals surface area contributed by atoms with Crippen LogP contribution in [0.5, 0.6) is 5.75 Å². The van der Waals surface area contributed by atoms with E-state index in [1.165, 1.54) is 6.07 Å². The summed E-state index contributed by atoms with van der Waals surface area (Å²) in [6.45, 7) is 2.28. The fourth-order valence-electron chi connectivity index (χ4n) is 1.62. The maximum atomic E-state index is 12.4. The van der Waals surface area contributed by atoms with Crippen LogP contribution in [-0.2, 0) is 10.0 Å². The normalized spacial score (nSPS) is 11.1. The van der Waals surface area contributed by atoms with Crippen molar-refractivity contribution in [3.8, 4) is 5.75 Å². The second-order valence-electron chi connectivity index (χ2n) is 4.02. The van der Waals surface area contributed by atoms with Crippen LogP contribution in [0.4, 0.5) is 5.69 Å². The number of thiocarbonyl (C=S) groups is 1. The Bertz CT molecular complexity index is 754. The van der Waals surface area contributed by atoms with Crippen molar-refractivity contribution < 1.29 is 13.2 Å². The molecule has 0 aliphatic heterocycles. The average molecular weight is 342 g/mol. The molecule has 0 radical (unpaired) electrons. The Kier molecular flexibility index (Phi) is 4.81. The molecule has 0 spiro atoms. The van der Waals surface area contributed by atoms with Gasteiger partial charge < -0.3 is 10.5 Å². The van der Waals surface area contributed by atoms with Crippen LogP contribution in [0, 0.1) is 0 Å². The van der Waals surface area contributed by atoms with E-state index in [1.807, 2.05) is 6.92 Å². The molecule has 112 valence electrons. The second kappa shape index (κ2) is 6.42. The van der Waals surface area contributed by atoms with Crippen LogP contribution in [0.3, 0.4) is 0 Å². The molecular formula is C13H14N2O3S3. The van der Waals surface area contributed by atoms with E-state index in [0.717, 1.165) is 11.3 Å². The largest absolute Gasteiger partial charge is 0.492 e. The van der Waals surface area contributed by atoms with Crippen molar-refractivity contribution >= 4 is 44.3 Å². The van der Waals surface area contributed by atoms with Gasteiger partial charge in [0.15, 0.2) is 0 Å². The maximum absolute atomic E-state index is 12.4. The van der Waals surface area contributed by atoms with Gasteiger partial charge in [-0.3, -0.25) is 4.72 Å². The fraction of sp³-hybridized carbons (Fsp3) is 0.154. The molecule has 0 saturated carbocycles. The molecule has 2 aromatic rings. The Morgan fingerprint density at radius 3 is 2.67 bits per heavy atom. The molecule has 0 fully saturated rings. The van der Waals surface area contributed by atoms with Gasteiger partial charge in [-0.1, -0.05) is 24.4 Å². The fourth-order valence-corrected chi connectivity index (χ4v) is 4.05. The Balaban J connectivity index is 2.30. The van der Waals surface area contributed by atoms with E-state index in [4.69, 9.17) is 22.7 Å². The SMILES string of the molecule is CCOc1ccccc1NS(=O)(=O)c1ccc(C(N)=S)s1. The van der Waals surface area contributed by atoms with Crippen molar-refractivity contribution in [1.29, 1.82) is 0 Å². The molecule has 0 aliphatic carbocycles. The first kappa shape index (κ1) is 15.7. The summed E-state index contributed by atoms with van der Waals surface area (Å²) in [6.07, 6.45) is 0. The molecular weight excluding hydrogens is 328 g/mol. The van der Waals surface area contributed by atoms with Gasteiger partial charge in [0.2, 0.25) is 0 Å². The Morgan fingerprint density at radius 1 is 1.33 bits per heavy atom. The summed E-state index contributed by atoms with van der Waals surface area (Å²) in [7, 11) is -3.69. The second-order valence-corrected chi connectivity index (χ2v) is 7.45. The summed E-state index contributed by atoms with van der Waals surface area (Å²) >= 11 is 5.87. The maximum Gasteiger partial charge on any atom is 0.271 e. The van der Waals surface area contributed by atoms with Crippen LogP contribution in [0.2, 0.25) is 0 Å². The zero-order chi connectivity index (χ0) is 15.5. The molecule has 1 aromatic carbocycles. The van der Waals surface area contributed by atoms with Crippen molar-refractivity contribution in [3.05, 3.63) is 41.3 Å². The molecule has 5 nitrogen and oxygen atoms in total. The third kappa shape index (κ3) is 3.72. The number of hydrogen-bond donors (Lipinski definition) is 2. The van der Waals surface area contributed by atoms with Crippen molar-refractivity contribution in [3.63, 3.8) is 0 Å². The molecule has 0 aliphatic rings. The Hall–Kier alpha value is -1.64. The molecule has 0 atom stereocenters. The number of benzene rings is 1. The van der Waals surface area contributed by atoms with Crippen molar-refractivity contribution in [2.24, 2.45) is 5.73 Å². The predicted molar refractivity (Wildman–Crippen MR) is 88.6 cm³/mol. The first-order valence-corrected chi connectivity index (χ1v) is 8.79. The summed E-state index contributed by atoms with van der Waals surface area (Å²) in [4.78, 5) is 0.736. The smallest absolute Gasteiger partial charge is 0.271 e. The number of anilines is 1. The minimum Gasteiger partial charge on any atom is -0.492 e. The van der Waals surface area contributed by atoms with E-state index < -0.39 is 10.0 Å². The molecule has 0 amide bonds. The van der Waals surface area contributed by atoms with E-state index in [9.17, 15) is 8.42 Å². The summed E-state index contributed by atoms with van der Waals surface area (Å²) < 4.78 is 32.8. The van der Waals surface area contributed by atoms with Crippen LogP contribution in [0.1, 0.15) is 11.8 Å². The van der Waals surface area contributed by atoms with Gasteiger partial charge in [0.05, 0.1) is 17.2 Å². The summed E-state index contributed by atoms with van der Waals surface area (Å²) in [6, 6.07) is 9.93. The highest BCUT2D eigenvalue weighted by atomic mass is 32.2. The molecule has 21 heavy (non-hydrogen) atoms. The van der Waals surface area contributed by atoms with Gasteiger partial charge in [0, 0.05) is 0 Å². The third-order valence-electron chi connectivity index (χ3n) is 2.52. The summed E-state index contributed by atoms with van der Waals surface area (Å²) in [5.41, 5.74) is 5.89. The third-order valence-corrected chi connectivity index (χ3v) is 5.85. The summed E-state index contributed by atoms with van der Waals surface area (Å²) in [5.74, 6) is 0.481. The lowest BCUT2D eigenvalue weighted by Gasteiger charge is -2.11. The van der Waals surface area contributed by atoms with Gasteiger partial charge in [0.1, 0.15) is 14.9 Å². The number of hydrogen-bond acceptors (Lipinski definition) is 5. The van der Waals surface area contributed by atoms with E-state index in [-0.39, 0.29) is 9.20 Å². The van der Waals surface area contributed by atoms with Gasteiger partial charge in [0.25, 0.3) is 10.0 Å². The molecule has 0 saturated heterocycles. The van der Waals surface area contributed by atoms with E-state index in [2.05, 4.69) is 4.72 Å². The lowest BCUT2D eigenvalue weighted by molar-refractivity contribution is 0.342. The minimum atomic E-state index is -3.69. The quantitative estimate of drug-likeness (QED) is 0.789.